The number of aliphatic hydroxyl groups excluding tert-OH is 1. The topological polar surface area (TPSA) is 119 Å². The largest absolute Gasteiger partial charge is 0.463 e. The summed E-state index contributed by atoms with van der Waals surface area (Å²) in [5.41, 5.74) is -1.41. The first-order chi connectivity index (χ1) is 18.0. The molecule has 2 fully saturated rings. The Labute approximate surface area is 235 Å². The first-order valence-electron chi connectivity index (χ1n) is 14.6. The van der Waals surface area contributed by atoms with E-state index in [2.05, 4.69) is 41.5 Å². The Hall–Kier alpha value is -1.55. The maximum atomic E-state index is 13.6. The van der Waals surface area contributed by atoms with E-state index in [0.29, 0.717) is 19.3 Å². The van der Waals surface area contributed by atoms with Crippen molar-refractivity contribution in [3.63, 3.8) is 0 Å². The van der Waals surface area contributed by atoms with Gasteiger partial charge in [0.15, 0.2) is 14.1 Å². The highest BCUT2D eigenvalue weighted by Crippen LogP contribution is 2.61. The predicted octanol–water partition coefficient (Wildman–Crippen LogP) is 4.72. The number of hydrogen-bond acceptors (Lipinski definition) is 8. The fourth-order valence-corrected chi connectivity index (χ4v) is 10.9. The van der Waals surface area contributed by atoms with Crippen molar-refractivity contribution in [2.45, 2.75) is 130 Å². The number of ether oxygens (including phenoxy) is 2. The molecule has 222 valence electrons. The van der Waals surface area contributed by atoms with E-state index < -0.39 is 67.3 Å². The summed E-state index contributed by atoms with van der Waals surface area (Å²) in [5, 5.41) is 23.5. The molecule has 0 aromatic rings. The molecule has 9 heteroatoms. The van der Waals surface area contributed by atoms with E-state index in [0.717, 1.165) is 29.3 Å². The zero-order valence-electron chi connectivity index (χ0n) is 25.4. The lowest BCUT2D eigenvalue weighted by Crippen LogP contribution is -2.68. The SMILES string of the molecule is CC[Si](CC)(CC)O[C@H]1C[C@]2(C)CC[C@H](O)[C@@](O)(COC(C)=O)[C@H]2[C@H](OC(C)=O)[C@@H]2CC(=O)C(C)=C1C2(C)C. The van der Waals surface area contributed by atoms with Gasteiger partial charge in [-0.2, -0.15) is 0 Å². The van der Waals surface area contributed by atoms with Crippen LogP contribution in [0, 0.1) is 22.7 Å². The summed E-state index contributed by atoms with van der Waals surface area (Å²) in [6.45, 7) is 16.8. The van der Waals surface area contributed by atoms with E-state index in [1.807, 2.05) is 6.92 Å². The van der Waals surface area contributed by atoms with Crippen molar-refractivity contribution in [3.8, 4) is 0 Å². The molecule has 2 N–H and O–H groups in total. The Morgan fingerprint density at radius 2 is 1.64 bits per heavy atom. The molecule has 2 saturated carbocycles. The number of fused-ring (bicyclic) bond motifs is 3. The molecule has 0 aromatic heterocycles. The smallest absolute Gasteiger partial charge is 0.302 e. The third-order valence-electron chi connectivity index (χ3n) is 10.5. The first-order valence-corrected chi connectivity index (χ1v) is 17.2. The molecule has 39 heavy (non-hydrogen) atoms. The average Bonchev–Trinajstić information content (AvgIpc) is 2.85. The average molecular weight is 567 g/mol. The number of aliphatic hydroxyl groups is 2. The van der Waals surface area contributed by atoms with Crippen molar-refractivity contribution in [3.05, 3.63) is 11.1 Å². The van der Waals surface area contributed by atoms with E-state index in [4.69, 9.17) is 13.9 Å². The third kappa shape index (κ3) is 5.66. The van der Waals surface area contributed by atoms with Crippen LogP contribution in [-0.2, 0) is 28.3 Å². The van der Waals surface area contributed by atoms with Crippen LogP contribution in [0.25, 0.3) is 0 Å². The molecular formula is C30H50O8Si. The molecule has 8 nitrogen and oxygen atoms in total. The number of allylic oxidation sites excluding steroid dienone is 1. The Morgan fingerprint density at radius 1 is 1.05 bits per heavy atom. The van der Waals surface area contributed by atoms with Crippen molar-refractivity contribution in [2.75, 3.05) is 6.61 Å². The lowest BCUT2D eigenvalue weighted by atomic mass is 9.48. The van der Waals surface area contributed by atoms with Crippen LogP contribution < -0.4 is 0 Å². The minimum Gasteiger partial charge on any atom is -0.463 e. The zero-order valence-corrected chi connectivity index (χ0v) is 26.4. The fourth-order valence-electron chi connectivity index (χ4n) is 8.12. The molecule has 0 aromatic carbocycles. The summed E-state index contributed by atoms with van der Waals surface area (Å²) in [7, 11) is -2.14. The van der Waals surface area contributed by atoms with E-state index in [1.165, 1.54) is 13.8 Å². The molecule has 3 aliphatic carbocycles. The van der Waals surface area contributed by atoms with Crippen LogP contribution in [0.15, 0.2) is 11.1 Å². The van der Waals surface area contributed by atoms with Crippen LogP contribution in [0.1, 0.15) is 88.0 Å². The standard InChI is InChI=1S/C30H50O8Si/c1-10-39(11-2,12-3)38-23-16-29(9)14-13-24(34)30(35,17-36-19(5)31)27(29)26(37-20(6)32)21-15-22(33)18(4)25(23)28(21,7)8/h21,23-24,26-27,34-35H,10-17H2,1-9H3/t21-,23-,24-,26+,27-,29-,30-/m0/s1. The van der Waals surface area contributed by atoms with Crippen LogP contribution in [0.2, 0.25) is 18.1 Å². The van der Waals surface area contributed by atoms with Gasteiger partial charge in [-0.25, -0.2) is 0 Å². The highest BCUT2D eigenvalue weighted by molar-refractivity contribution is 6.73. The number of Topliss-reactive ketones (excluding diaryl/α,β-unsaturated/α-hetero) is 1. The molecule has 0 unspecified atom stereocenters. The summed E-state index contributed by atoms with van der Waals surface area (Å²) in [6.07, 6.45) is -0.916. The van der Waals surface area contributed by atoms with Crippen molar-refractivity contribution >= 4 is 26.0 Å². The molecule has 3 aliphatic rings. The summed E-state index contributed by atoms with van der Waals surface area (Å²) >= 11 is 0. The van der Waals surface area contributed by atoms with Gasteiger partial charge in [-0.1, -0.05) is 41.5 Å². The number of rotatable bonds is 8. The maximum Gasteiger partial charge on any atom is 0.302 e. The second kappa shape index (κ2) is 11.4. The van der Waals surface area contributed by atoms with Crippen LogP contribution in [0.4, 0.5) is 0 Å². The minimum absolute atomic E-state index is 0.0136. The van der Waals surface area contributed by atoms with Gasteiger partial charge < -0.3 is 24.1 Å². The number of carbonyl (C=O) groups excluding carboxylic acids is 3. The van der Waals surface area contributed by atoms with E-state index in [1.54, 1.807) is 0 Å². The van der Waals surface area contributed by atoms with Gasteiger partial charge in [0, 0.05) is 32.1 Å². The monoisotopic (exact) mass is 566 g/mol. The van der Waals surface area contributed by atoms with Crippen molar-refractivity contribution in [1.82, 2.24) is 0 Å². The summed E-state index contributed by atoms with van der Waals surface area (Å²) in [4.78, 5) is 38.0. The van der Waals surface area contributed by atoms with Gasteiger partial charge in [0.05, 0.1) is 12.2 Å². The zero-order chi connectivity index (χ0) is 29.6. The van der Waals surface area contributed by atoms with E-state index in [9.17, 15) is 24.6 Å². The molecular weight excluding hydrogens is 516 g/mol. The van der Waals surface area contributed by atoms with Crippen molar-refractivity contribution in [1.29, 1.82) is 0 Å². The summed E-state index contributed by atoms with van der Waals surface area (Å²) < 4.78 is 18.6. The van der Waals surface area contributed by atoms with Gasteiger partial charge in [0.25, 0.3) is 0 Å². The molecule has 0 amide bonds. The molecule has 0 aliphatic heterocycles. The fraction of sp³-hybridized carbons (Fsp3) is 0.833. The van der Waals surface area contributed by atoms with Crippen LogP contribution in [0.3, 0.4) is 0 Å². The lowest BCUT2D eigenvalue weighted by Gasteiger charge is -2.61. The summed E-state index contributed by atoms with van der Waals surface area (Å²) in [6, 6.07) is 2.85. The molecule has 0 saturated heterocycles. The molecule has 3 rings (SSSR count). The van der Waals surface area contributed by atoms with Gasteiger partial charge in [0.1, 0.15) is 18.3 Å². The van der Waals surface area contributed by atoms with Crippen molar-refractivity contribution < 1.29 is 38.5 Å². The normalized spacial score (nSPS) is 36.5. The molecule has 0 radical (unpaired) electrons. The Morgan fingerprint density at radius 3 is 2.15 bits per heavy atom. The molecule has 2 bridgehead atoms. The highest BCUT2D eigenvalue weighted by Gasteiger charge is 2.65. The van der Waals surface area contributed by atoms with Gasteiger partial charge in [-0.05, 0) is 66.3 Å². The minimum atomic E-state index is -2.14. The lowest BCUT2D eigenvalue weighted by molar-refractivity contribution is -0.249. The quantitative estimate of drug-likeness (QED) is 0.320. The second-order valence-corrected chi connectivity index (χ2v) is 17.8. The van der Waals surface area contributed by atoms with Gasteiger partial charge in [0.2, 0.25) is 0 Å². The first kappa shape index (κ1) is 32.0. The van der Waals surface area contributed by atoms with Crippen LogP contribution in [0.5, 0.6) is 0 Å². The molecule has 0 heterocycles. The third-order valence-corrected chi connectivity index (χ3v) is 15.2. The predicted molar refractivity (Wildman–Crippen MR) is 150 cm³/mol. The Balaban J connectivity index is 2.33. The maximum absolute atomic E-state index is 13.6. The van der Waals surface area contributed by atoms with Crippen LogP contribution >= 0.6 is 0 Å². The number of carbonyl (C=O) groups is 3. The van der Waals surface area contributed by atoms with E-state index >= 15 is 0 Å². The van der Waals surface area contributed by atoms with Crippen LogP contribution in [-0.4, -0.2) is 66.8 Å². The highest BCUT2D eigenvalue weighted by atomic mass is 28.4. The van der Waals surface area contributed by atoms with E-state index in [-0.39, 0.29) is 18.3 Å². The van der Waals surface area contributed by atoms with Gasteiger partial charge in [-0.3, -0.25) is 14.4 Å². The number of hydrogen-bond donors (Lipinski definition) is 2. The number of ketones is 1. The van der Waals surface area contributed by atoms with Gasteiger partial charge >= 0.3 is 11.9 Å². The van der Waals surface area contributed by atoms with Crippen molar-refractivity contribution in [2.24, 2.45) is 22.7 Å². The Kier molecular flexibility index (Phi) is 9.32. The second-order valence-electron chi connectivity index (χ2n) is 13.1. The Bertz CT molecular complexity index is 993. The molecule has 0 spiro atoms. The van der Waals surface area contributed by atoms with Gasteiger partial charge in [-0.15, -0.1) is 0 Å². The number of esters is 2. The summed E-state index contributed by atoms with van der Waals surface area (Å²) in [5.74, 6) is -2.35. The molecule has 7 atom stereocenters.